The summed E-state index contributed by atoms with van der Waals surface area (Å²) < 4.78 is 5.84. The molecule has 0 aliphatic carbocycles. The molecular formula is C21H33N3O2. The maximum Gasteiger partial charge on any atom is 0.260 e. The van der Waals surface area contributed by atoms with E-state index in [-0.39, 0.29) is 12.5 Å². The molecule has 3 rings (SSSR count). The van der Waals surface area contributed by atoms with E-state index in [9.17, 15) is 4.79 Å². The van der Waals surface area contributed by atoms with Crippen LogP contribution in [-0.4, -0.2) is 61.6 Å². The topological polar surface area (TPSA) is 44.8 Å². The summed E-state index contributed by atoms with van der Waals surface area (Å²) in [5.74, 6) is 1.56. The lowest BCUT2D eigenvalue weighted by atomic mass is 10.1. The first-order valence-corrected chi connectivity index (χ1v) is 10.1. The van der Waals surface area contributed by atoms with Gasteiger partial charge >= 0.3 is 0 Å². The summed E-state index contributed by atoms with van der Waals surface area (Å²) in [6.07, 6.45) is 4.92. The zero-order valence-corrected chi connectivity index (χ0v) is 16.1. The lowest BCUT2D eigenvalue weighted by Gasteiger charge is -2.21. The predicted molar refractivity (Wildman–Crippen MR) is 104 cm³/mol. The van der Waals surface area contributed by atoms with Gasteiger partial charge < -0.3 is 19.9 Å². The number of carbonyl (C=O) groups excluding carboxylic acids is 1. The van der Waals surface area contributed by atoms with E-state index in [1.165, 1.54) is 32.5 Å². The van der Waals surface area contributed by atoms with Gasteiger partial charge in [-0.05, 0) is 57.3 Å². The second-order valence-corrected chi connectivity index (χ2v) is 7.73. The Morgan fingerprint density at radius 1 is 1.12 bits per heavy atom. The van der Waals surface area contributed by atoms with Crippen molar-refractivity contribution in [3.63, 3.8) is 0 Å². The third-order valence-corrected chi connectivity index (χ3v) is 5.36. The minimum atomic E-state index is 0.101. The van der Waals surface area contributed by atoms with Gasteiger partial charge in [0.15, 0.2) is 6.61 Å². The zero-order chi connectivity index (χ0) is 18.2. The van der Waals surface area contributed by atoms with Gasteiger partial charge in [0, 0.05) is 31.7 Å². The van der Waals surface area contributed by atoms with Crippen LogP contribution in [0.25, 0.3) is 0 Å². The van der Waals surface area contributed by atoms with Crippen LogP contribution in [0.2, 0.25) is 0 Å². The van der Waals surface area contributed by atoms with Gasteiger partial charge in [0.1, 0.15) is 5.75 Å². The van der Waals surface area contributed by atoms with Crippen LogP contribution in [0, 0.1) is 5.92 Å². The molecule has 0 aromatic heterocycles. The molecule has 0 bridgehead atoms. The maximum atomic E-state index is 12.2. The molecule has 1 amide bonds. The van der Waals surface area contributed by atoms with Crippen LogP contribution >= 0.6 is 0 Å². The molecule has 0 spiro atoms. The Kier molecular flexibility index (Phi) is 7.32. The van der Waals surface area contributed by atoms with Crippen LogP contribution in [0.4, 0.5) is 0 Å². The van der Waals surface area contributed by atoms with Crippen LogP contribution in [-0.2, 0) is 11.3 Å². The highest BCUT2D eigenvalue weighted by atomic mass is 16.5. The van der Waals surface area contributed by atoms with Crippen LogP contribution in [0.3, 0.4) is 0 Å². The highest BCUT2D eigenvalue weighted by Crippen LogP contribution is 2.18. The van der Waals surface area contributed by atoms with Gasteiger partial charge in [-0.2, -0.15) is 0 Å². The lowest BCUT2D eigenvalue weighted by molar-refractivity contribution is -0.132. The predicted octanol–water partition coefficient (Wildman–Crippen LogP) is 2.51. The number of nitrogens with one attached hydrogen (secondary N) is 1. The molecule has 2 aliphatic heterocycles. The standard InChI is InChI=1S/C21H33N3O2/c1-18(16-23-10-4-5-11-23)14-22-15-19-8-2-3-9-20(19)26-17-21(25)24-12-6-7-13-24/h2-3,8-9,18,22H,4-7,10-17H2,1H3. The second-order valence-electron chi connectivity index (χ2n) is 7.73. The number of benzene rings is 1. The summed E-state index contributed by atoms with van der Waals surface area (Å²) in [6, 6.07) is 8.03. The van der Waals surface area contributed by atoms with E-state index in [1.54, 1.807) is 0 Å². The Hall–Kier alpha value is -1.59. The third-order valence-electron chi connectivity index (χ3n) is 5.36. The van der Waals surface area contributed by atoms with Crippen molar-refractivity contribution in [1.82, 2.24) is 15.1 Å². The van der Waals surface area contributed by atoms with Gasteiger partial charge in [-0.3, -0.25) is 4.79 Å². The van der Waals surface area contributed by atoms with Crippen molar-refractivity contribution < 1.29 is 9.53 Å². The van der Waals surface area contributed by atoms with Crippen molar-refractivity contribution >= 4 is 5.91 Å². The summed E-state index contributed by atoms with van der Waals surface area (Å²) >= 11 is 0. The summed E-state index contributed by atoms with van der Waals surface area (Å²) in [6.45, 7) is 9.66. The van der Waals surface area contributed by atoms with Crippen LogP contribution in [0.5, 0.6) is 5.75 Å². The second kappa shape index (κ2) is 9.93. The average molecular weight is 360 g/mol. The molecule has 5 heteroatoms. The number of amides is 1. The molecule has 2 fully saturated rings. The van der Waals surface area contributed by atoms with Gasteiger partial charge in [-0.1, -0.05) is 25.1 Å². The SMILES string of the molecule is CC(CNCc1ccccc1OCC(=O)N1CCCC1)CN1CCCC1. The van der Waals surface area contributed by atoms with Crippen molar-refractivity contribution in [2.45, 2.75) is 39.2 Å². The highest BCUT2D eigenvalue weighted by Gasteiger charge is 2.18. The maximum absolute atomic E-state index is 12.2. The average Bonchev–Trinajstić information content (AvgIpc) is 3.34. The fourth-order valence-corrected chi connectivity index (χ4v) is 3.91. The minimum Gasteiger partial charge on any atom is -0.483 e. The summed E-state index contributed by atoms with van der Waals surface area (Å²) in [4.78, 5) is 16.6. The van der Waals surface area contributed by atoms with E-state index >= 15 is 0 Å². The van der Waals surface area contributed by atoms with E-state index in [4.69, 9.17) is 4.74 Å². The van der Waals surface area contributed by atoms with Gasteiger partial charge in [0.25, 0.3) is 5.91 Å². The molecule has 2 aliphatic rings. The molecule has 1 aromatic rings. The molecule has 5 nitrogen and oxygen atoms in total. The van der Waals surface area contributed by atoms with Crippen molar-refractivity contribution in [1.29, 1.82) is 0 Å². The Balaban J connectivity index is 1.42. The van der Waals surface area contributed by atoms with E-state index in [0.717, 1.165) is 50.3 Å². The first-order valence-electron chi connectivity index (χ1n) is 10.1. The monoisotopic (exact) mass is 359 g/mol. The Labute approximate surface area is 157 Å². The minimum absolute atomic E-state index is 0.101. The largest absolute Gasteiger partial charge is 0.483 e. The molecule has 1 N–H and O–H groups in total. The van der Waals surface area contributed by atoms with Gasteiger partial charge in [-0.25, -0.2) is 0 Å². The van der Waals surface area contributed by atoms with Crippen LogP contribution in [0.15, 0.2) is 24.3 Å². The molecule has 2 heterocycles. The molecule has 2 saturated heterocycles. The van der Waals surface area contributed by atoms with Crippen molar-refractivity contribution in [2.24, 2.45) is 5.92 Å². The normalized spacial score (nSPS) is 19.0. The number of hydrogen-bond donors (Lipinski definition) is 1. The smallest absolute Gasteiger partial charge is 0.260 e. The molecular weight excluding hydrogens is 326 g/mol. The summed E-state index contributed by atoms with van der Waals surface area (Å²) in [7, 11) is 0. The number of rotatable bonds is 9. The first-order chi connectivity index (χ1) is 12.7. The molecule has 144 valence electrons. The number of hydrogen-bond acceptors (Lipinski definition) is 4. The van der Waals surface area contributed by atoms with Crippen molar-refractivity contribution in [3.8, 4) is 5.75 Å². The fraction of sp³-hybridized carbons (Fsp3) is 0.667. The van der Waals surface area contributed by atoms with Crippen molar-refractivity contribution in [2.75, 3.05) is 45.9 Å². The quantitative estimate of drug-likeness (QED) is 0.736. The Morgan fingerprint density at radius 2 is 1.81 bits per heavy atom. The Bertz CT molecular complexity index is 566. The summed E-state index contributed by atoms with van der Waals surface area (Å²) in [5, 5.41) is 3.56. The van der Waals surface area contributed by atoms with E-state index in [0.29, 0.717) is 5.92 Å². The number of carbonyl (C=O) groups is 1. The number of likely N-dealkylation sites (tertiary alicyclic amines) is 2. The molecule has 26 heavy (non-hydrogen) atoms. The van der Waals surface area contributed by atoms with Crippen LogP contribution < -0.4 is 10.1 Å². The fourth-order valence-electron chi connectivity index (χ4n) is 3.91. The van der Waals surface area contributed by atoms with Crippen LogP contribution in [0.1, 0.15) is 38.2 Å². The lowest BCUT2D eigenvalue weighted by Crippen LogP contribution is -2.32. The Morgan fingerprint density at radius 3 is 2.58 bits per heavy atom. The third kappa shape index (κ3) is 5.71. The molecule has 1 aromatic carbocycles. The van der Waals surface area contributed by atoms with Gasteiger partial charge in [-0.15, -0.1) is 0 Å². The van der Waals surface area contributed by atoms with E-state index < -0.39 is 0 Å². The first kappa shape index (κ1) is 19.2. The van der Waals surface area contributed by atoms with Gasteiger partial charge in [0.2, 0.25) is 0 Å². The van der Waals surface area contributed by atoms with E-state index in [2.05, 4.69) is 23.2 Å². The molecule has 1 unspecified atom stereocenters. The number of para-hydroxylation sites is 1. The molecule has 1 atom stereocenters. The zero-order valence-electron chi connectivity index (χ0n) is 16.1. The summed E-state index contributed by atoms with van der Waals surface area (Å²) in [5.41, 5.74) is 1.12. The molecule has 0 radical (unpaired) electrons. The number of nitrogens with zero attached hydrogens (tertiary/aromatic N) is 2. The highest BCUT2D eigenvalue weighted by molar-refractivity contribution is 5.78. The van der Waals surface area contributed by atoms with Gasteiger partial charge in [0.05, 0.1) is 0 Å². The number of ether oxygens (including phenoxy) is 1. The van der Waals surface area contributed by atoms with Crippen molar-refractivity contribution in [3.05, 3.63) is 29.8 Å². The van der Waals surface area contributed by atoms with E-state index in [1.807, 2.05) is 23.1 Å². The molecule has 0 saturated carbocycles.